The minimum Gasteiger partial charge on any atom is -0.379 e. The Morgan fingerprint density at radius 1 is 1.39 bits per heavy atom. The van der Waals surface area contributed by atoms with Crippen molar-refractivity contribution in [2.24, 2.45) is 7.05 Å². The van der Waals surface area contributed by atoms with Gasteiger partial charge in [-0.3, -0.25) is 4.79 Å². The second-order valence-corrected chi connectivity index (χ2v) is 7.79. The van der Waals surface area contributed by atoms with E-state index >= 15 is 0 Å². The second kappa shape index (κ2) is 7.46. The Balaban J connectivity index is 2.18. The van der Waals surface area contributed by atoms with Crippen LogP contribution in [0, 0.1) is 0 Å². The van der Waals surface area contributed by atoms with Gasteiger partial charge in [-0.05, 0) is 19.4 Å². The van der Waals surface area contributed by atoms with Crippen molar-refractivity contribution in [2.45, 2.75) is 37.6 Å². The molecule has 1 N–H and O–H groups in total. The molecule has 1 aliphatic rings. The lowest BCUT2D eigenvalue weighted by Crippen LogP contribution is -2.40. The number of nitrogens with zero attached hydrogens (tertiary/aromatic N) is 2. The number of sulfonamides is 1. The molecular weight excluding hydrogens is 318 g/mol. The van der Waals surface area contributed by atoms with Crippen LogP contribution in [0.5, 0.6) is 0 Å². The molecule has 8 heteroatoms. The molecule has 0 bridgehead atoms. The molecular formula is C15H25N3O4S. The average Bonchev–Trinajstić information content (AvgIpc) is 2.91. The molecule has 1 saturated heterocycles. The first-order chi connectivity index (χ1) is 10.9. The number of aryl methyl sites for hydroxylation is 1. The number of nitrogens with one attached hydrogen (secondary N) is 1. The maximum Gasteiger partial charge on any atom is 0.268 e. The van der Waals surface area contributed by atoms with E-state index in [1.165, 1.54) is 16.6 Å². The molecule has 23 heavy (non-hydrogen) atoms. The van der Waals surface area contributed by atoms with Gasteiger partial charge in [0, 0.05) is 32.4 Å². The fourth-order valence-corrected chi connectivity index (χ4v) is 4.12. The topological polar surface area (TPSA) is 80.6 Å². The van der Waals surface area contributed by atoms with Crippen LogP contribution in [0.1, 0.15) is 37.2 Å². The van der Waals surface area contributed by atoms with Gasteiger partial charge in [-0.25, -0.2) is 8.42 Å². The van der Waals surface area contributed by atoms with Gasteiger partial charge in [-0.2, -0.15) is 4.31 Å². The number of morpholine rings is 1. The predicted molar refractivity (Wildman–Crippen MR) is 86.8 cm³/mol. The smallest absolute Gasteiger partial charge is 0.268 e. The molecule has 1 fully saturated rings. The van der Waals surface area contributed by atoms with E-state index in [9.17, 15) is 13.2 Å². The van der Waals surface area contributed by atoms with Crippen molar-refractivity contribution in [1.82, 2.24) is 14.2 Å². The molecule has 1 aliphatic heterocycles. The standard InChI is InChI=1S/C15H25N3O4S/c1-4-5-12(2)16-15(19)14-10-13(11-17(14)3)23(20,21)18-6-8-22-9-7-18/h10-12H,4-9H2,1-3H3,(H,16,19)/t12-/m1/s1. The number of hydrogen-bond acceptors (Lipinski definition) is 4. The Morgan fingerprint density at radius 3 is 2.65 bits per heavy atom. The van der Waals surface area contributed by atoms with Crippen LogP contribution in [0.4, 0.5) is 0 Å². The predicted octanol–water partition coefficient (Wildman–Crippen LogP) is 0.964. The summed E-state index contributed by atoms with van der Waals surface area (Å²) >= 11 is 0. The van der Waals surface area contributed by atoms with E-state index in [1.54, 1.807) is 11.6 Å². The van der Waals surface area contributed by atoms with Crippen LogP contribution < -0.4 is 5.32 Å². The zero-order valence-electron chi connectivity index (χ0n) is 13.9. The van der Waals surface area contributed by atoms with Crippen LogP contribution >= 0.6 is 0 Å². The highest BCUT2D eigenvalue weighted by Gasteiger charge is 2.28. The SMILES string of the molecule is CCC[C@@H](C)NC(=O)c1cc(S(=O)(=O)N2CCOCC2)cn1C. The summed E-state index contributed by atoms with van der Waals surface area (Å²) in [5, 5.41) is 2.89. The highest BCUT2D eigenvalue weighted by atomic mass is 32.2. The first-order valence-electron chi connectivity index (χ1n) is 7.91. The van der Waals surface area contributed by atoms with E-state index in [1.807, 2.05) is 6.92 Å². The third-order valence-corrected chi connectivity index (χ3v) is 5.78. The van der Waals surface area contributed by atoms with E-state index in [2.05, 4.69) is 12.2 Å². The molecule has 1 aromatic rings. The first-order valence-corrected chi connectivity index (χ1v) is 9.35. The zero-order valence-corrected chi connectivity index (χ0v) is 14.7. The van der Waals surface area contributed by atoms with Crippen molar-refractivity contribution in [3.8, 4) is 0 Å². The lowest BCUT2D eigenvalue weighted by molar-refractivity contribution is 0.0730. The van der Waals surface area contributed by atoms with Gasteiger partial charge in [-0.1, -0.05) is 13.3 Å². The number of carbonyl (C=O) groups is 1. The minimum absolute atomic E-state index is 0.0571. The van der Waals surface area contributed by atoms with Gasteiger partial charge >= 0.3 is 0 Å². The minimum atomic E-state index is -3.58. The Labute approximate surface area is 137 Å². The van der Waals surface area contributed by atoms with Crippen molar-refractivity contribution >= 4 is 15.9 Å². The monoisotopic (exact) mass is 343 g/mol. The quantitative estimate of drug-likeness (QED) is 0.834. The Kier molecular flexibility index (Phi) is 5.83. The number of aromatic nitrogens is 1. The second-order valence-electron chi connectivity index (χ2n) is 5.85. The Hall–Kier alpha value is -1.38. The molecule has 0 aliphatic carbocycles. The molecule has 2 rings (SSSR count). The Morgan fingerprint density at radius 2 is 2.04 bits per heavy atom. The van der Waals surface area contributed by atoms with E-state index in [-0.39, 0.29) is 16.8 Å². The summed E-state index contributed by atoms with van der Waals surface area (Å²) < 4.78 is 33.4. The normalized spacial score (nSPS) is 17.9. The average molecular weight is 343 g/mol. The lowest BCUT2D eigenvalue weighted by atomic mass is 10.2. The molecule has 1 atom stereocenters. The number of rotatable bonds is 6. The summed E-state index contributed by atoms with van der Waals surface area (Å²) in [6.45, 7) is 5.47. The van der Waals surface area contributed by atoms with E-state index in [0.29, 0.717) is 32.0 Å². The summed E-state index contributed by atoms with van der Waals surface area (Å²) in [4.78, 5) is 12.5. The van der Waals surface area contributed by atoms with Crippen LogP contribution in [-0.2, 0) is 21.8 Å². The highest BCUT2D eigenvalue weighted by Crippen LogP contribution is 2.19. The van der Waals surface area contributed by atoms with Gasteiger partial charge in [0.15, 0.2) is 0 Å². The first kappa shape index (κ1) is 18.0. The molecule has 130 valence electrons. The van der Waals surface area contributed by atoms with Gasteiger partial charge in [0.2, 0.25) is 10.0 Å². The molecule has 0 saturated carbocycles. The lowest BCUT2D eigenvalue weighted by Gasteiger charge is -2.25. The van der Waals surface area contributed by atoms with Crippen LogP contribution in [0.3, 0.4) is 0 Å². The largest absolute Gasteiger partial charge is 0.379 e. The Bertz CT molecular complexity index is 648. The van der Waals surface area contributed by atoms with Gasteiger partial charge in [-0.15, -0.1) is 0 Å². The summed E-state index contributed by atoms with van der Waals surface area (Å²) in [6.07, 6.45) is 3.35. The fourth-order valence-electron chi connectivity index (χ4n) is 2.64. The molecule has 0 unspecified atom stereocenters. The molecule has 2 heterocycles. The van der Waals surface area contributed by atoms with Crippen LogP contribution in [0.2, 0.25) is 0 Å². The molecule has 1 aromatic heterocycles. The van der Waals surface area contributed by atoms with Gasteiger partial charge in [0.05, 0.1) is 13.2 Å². The molecule has 7 nitrogen and oxygen atoms in total. The van der Waals surface area contributed by atoms with Crippen molar-refractivity contribution < 1.29 is 17.9 Å². The summed E-state index contributed by atoms with van der Waals surface area (Å²) in [6, 6.07) is 1.50. The number of ether oxygens (including phenoxy) is 1. The fraction of sp³-hybridized carbons (Fsp3) is 0.667. The molecule has 0 aromatic carbocycles. The summed E-state index contributed by atoms with van der Waals surface area (Å²) in [5.41, 5.74) is 0.347. The van der Waals surface area contributed by atoms with Crippen molar-refractivity contribution in [3.63, 3.8) is 0 Å². The molecule has 0 spiro atoms. The number of hydrogen-bond donors (Lipinski definition) is 1. The highest BCUT2D eigenvalue weighted by molar-refractivity contribution is 7.89. The molecule has 1 amide bonds. The van der Waals surface area contributed by atoms with E-state index in [4.69, 9.17) is 4.74 Å². The van der Waals surface area contributed by atoms with Crippen molar-refractivity contribution in [3.05, 3.63) is 18.0 Å². The zero-order chi connectivity index (χ0) is 17.0. The third-order valence-electron chi connectivity index (χ3n) is 3.92. The van der Waals surface area contributed by atoms with E-state index in [0.717, 1.165) is 12.8 Å². The number of amides is 1. The summed E-state index contributed by atoms with van der Waals surface area (Å²) in [7, 11) is -1.91. The maximum atomic E-state index is 12.6. The summed E-state index contributed by atoms with van der Waals surface area (Å²) in [5.74, 6) is -0.253. The third kappa shape index (κ3) is 4.13. The number of carbonyl (C=O) groups excluding carboxylic acids is 1. The van der Waals surface area contributed by atoms with Crippen LogP contribution in [-0.4, -0.2) is 55.5 Å². The molecule has 0 radical (unpaired) electrons. The maximum absolute atomic E-state index is 12.6. The van der Waals surface area contributed by atoms with E-state index < -0.39 is 10.0 Å². The van der Waals surface area contributed by atoms with Crippen molar-refractivity contribution in [2.75, 3.05) is 26.3 Å². The van der Waals surface area contributed by atoms with Gasteiger partial charge in [0.25, 0.3) is 5.91 Å². The van der Waals surface area contributed by atoms with Crippen LogP contribution in [0.25, 0.3) is 0 Å². The van der Waals surface area contributed by atoms with Crippen LogP contribution in [0.15, 0.2) is 17.2 Å². The van der Waals surface area contributed by atoms with Gasteiger partial charge in [0.1, 0.15) is 10.6 Å². The van der Waals surface area contributed by atoms with Crippen molar-refractivity contribution in [1.29, 1.82) is 0 Å². The van der Waals surface area contributed by atoms with Gasteiger partial charge < -0.3 is 14.6 Å².